The summed E-state index contributed by atoms with van der Waals surface area (Å²) in [6, 6.07) is 9.90. The summed E-state index contributed by atoms with van der Waals surface area (Å²) in [6.45, 7) is 18.0. The van der Waals surface area contributed by atoms with Crippen molar-refractivity contribution in [3.8, 4) is 0 Å². The van der Waals surface area contributed by atoms with Crippen LogP contribution in [0.2, 0.25) is 16.6 Å². The standard InChI is InChI=1S/C29H50O7Si/c1-19(2)37(20(3)4,21(5)6)36-28-23(8)29(34-16-24-13-11-10-12-14-24)26(31)27(22(7)15-30)35-25(28)17-33-18-32-9/h10-15,19-23,25-29,31H,16-18H2,1-9H3/t22-,23+,25-,26+,27+,28+,29-/m0/s1. The molecule has 0 radical (unpaired) electrons. The summed E-state index contributed by atoms with van der Waals surface area (Å²) in [4.78, 5) is 11.9. The summed E-state index contributed by atoms with van der Waals surface area (Å²) in [6.07, 6.45) is -2.42. The fourth-order valence-corrected chi connectivity index (χ4v) is 11.8. The van der Waals surface area contributed by atoms with Crippen LogP contribution in [0.1, 0.15) is 61.0 Å². The van der Waals surface area contributed by atoms with E-state index in [1.165, 1.54) is 0 Å². The Hall–Kier alpha value is -1.13. The molecule has 1 aliphatic heterocycles. The lowest BCUT2D eigenvalue weighted by molar-refractivity contribution is -0.160. The van der Waals surface area contributed by atoms with E-state index in [-0.39, 0.29) is 19.3 Å². The van der Waals surface area contributed by atoms with Gasteiger partial charge in [-0.1, -0.05) is 85.7 Å². The second kappa shape index (κ2) is 14.9. The van der Waals surface area contributed by atoms with Crippen LogP contribution in [-0.4, -0.2) is 70.7 Å². The largest absolute Gasteiger partial charge is 0.410 e. The fourth-order valence-electron chi connectivity index (χ4n) is 6.12. The Labute approximate surface area is 225 Å². The van der Waals surface area contributed by atoms with Gasteiger partial charge in [-0.3, -0.25) is 0 Å². The summed E-state index contributed by atoms with van der Waals surface area (Å²) < 4.78 is 31.2. The Bertz CT molecular complexity index is 766. The van der Waals surface area contributed by atoms with Crippen molar-refractivity contribution in [1.82, 2.24) is 0 Å². The van der Waals surface area contributed by atoms with E-state index < -0.39 is 44.8 Å². The Morgan fingerprint density at radius 2 is 1.59 bits per heavy atom. The van der Waals surface area contributed by atoms with E-state index in [2.05, 4.69) is 48.5 Å². The number of ether oxygens (including phenoxy) is 4. The van der Waals surface area contributed by atoms with E-state index in [4.69, 9.17) is 23.4 Å². The third-order valence-corrected chi connectivity index (χ3v) is 14.1. The van der Waals surface area contributed by atoms with Crippen LogP contribution in [0.25, 0.3) is 0 Å². The van der Waals surface area contributed by atoms with E-state index in [9.17, 15) is 9.90 Å². The van der Waals surface area contributed by atoms with Gasteiger partial charge < -0.3 is 33.3 Å². The van der Waals surface area contributed by atoms with Crippen molar-refractivity contribution in [2.45, 2.75) is 109 Å². The number of carbonyl (C=O) groups is 1. The molecule has 7 atom stereocenters. The highest BCUT2D eigenvalue weighted by molar-refractivity contribution is 6.77. The summed E-state index contributed by atoms with van der Waals surface area (Å²) in [5.41, 5.74) is 2.10. The number of methoxy groups -OCH3 is 1. The molecule has 0 aromatic heterocycles. The molecule has 1 fully saturated rings. The zero-order valence-electron chi connectivity index (χ0n) is 24.3. The SMILES string of the molecule is COCOC[C@@H]1O[C@H]([C@@H](C)C=O)[C@@H](O)[C@@H](OCc2ccccc2)[C@H](C)[C@H]1O[Si](C(C)C)(C(C)C)C(C)C. The molecule has 1 heterocycles. The molecule has 0 amide bonds. The van der Waals surface area contributed by atoms with Gasteiger partial charge in [-0.15, -0.1) is 0 Å². The summed E-state index contributed by atoms with van der Waals surface area (Å²) in [7, 11) is -0.761. The number of hydrogen-bond donors (Lipinski definition) is 1. The quantitative estimate of drug-likeness (QED) is 0.148. The first-order valence-electron chi connectivity index (χ1n) is 13.7. The Morgan fingerprint density at radius 1 is 1.00 bits per heavy atom. The van der Waals surface area contributed by atoms with E-state index in [1.807, 2.05) is 30.3 Å². The lowest BCUT2D eigenvalue weighted by atomic mass is 9.88. The highest BCUT2D eigenvalue weighted by Gasteiger charge is 2.53. The molecule has 1 aliphatic rings. The van der Waals surface area contributed by atoms with Gasteiger partial charge >= 0.3 is 0 Å². The molecule has 37 heavy (non-hydrogen) atoms. The van der Waals surface area contributed by atoms with Crippen LogP contribution in [0.3, 0.4) is 0 Å². The molecule has 1 aromatic rings. The van der Waals surface area contributed by atoms with Crippen LogP contribution in [0, 0.1) is 11.8 Å². The number of hydrogen-bond acceptors (Lipinski definition) is 7. The first kappa shape index (κ1) is 32.1. The molecular weight excluding hydrogens is 488 g/mol. The Balaban J connectivity index is 2.54. The molecule has 0 saturated carbocycles. The topological polar surface area (TPSA) is 83.5 Å². The molecule has 1 saturated heterocycles. The second-order valence-corrected chi connectivity index (χ2v) is 16.8. The summed E-state index contributed by atoms with van der Waals surface area (Å²) in [5, 5.41) is 11.6. The molecule has 0 aliphatic carbocycles. The molecule has 1 N–H and O–H groups in total. The van der Waals surface area contributed by atoms with Crippen molar-refractivity contribution < 1.29 is 33.3 Å². The molecule has 0 bridgehead atoms. The third-order valence-electron chi connectivity index (χ3n) is 7.96. The van der Waals surface area contributed by atoms with Gasteiger partial charge in [0.25, 0.3) is 0 Å². The van der Waals surface area contributed by atoms with Crippen LogP contribution in [-0.2, 0) is 34.8 Å². The lowest BCUT2D eigenvalue weighted by Gasteiger charge is -2.47. The number of carbonyl (C=O) groups excluding carboxylic acids is 1. The maximum atomic E-state index is 11.9. The van der Waals surface area contributed by atoms with E-state index in [1.54, 1.807) is 14.0 Å². The minimum atomic E-state index is -2.34. The van der Waals surface area contributed by atoms with Gasteiger partial charge in [-0.2, -0.15) is 0 Å². The van der Waals surface area contributed by atoms with Crippen molar-refractivity contribution in [3.63, 3.8) is 0 Å². The highest BCUT2D eigenvalue weighted by atomic mass is 28.4. The number of benzene rings is 1. The average molecular weight is 539 g/mol. The zero-order valence-corrected chi connectivity index (χ0v) is 25.3. The maximum Gasteiger partial charge on any atom is 0.200 e. The van der Waals surface area contributed by atoms with Gasteiger partial charge in [0.05, 0.1) is 31.5 Å². The van der Waals surface area contributed by atoms with Gasteiger partial charge in [0.15, 0.2) is 0 Å². The number of aliphatic hydroxyl groups excluding tert-OH is 1. The molecule has 0 spiro atoms. The number of aliphatic hydroxyl groups is 1. The Kier molecular flexibility index (Phi) is 12.9. The lowest BCUT2D eigenvalue weighted by Crippen LogP contribution is -2.56. The van der Waals surface area contributed by atoms with Gasteiger partial charge in [-0.05, 0) is 22.2 Å². The Morgan fingerprint density at radius 3 is 2.11 bits per heavy atom. The monoisotopic (exact) mass is 538 g/mol. The zero-order chi connectivity index (χ0) is 27.8. The first-order chi connectivity index (χ1) is 17.5. The number of aldehydes is 1. The van der Waals surface area contributed by atoms with Gasteiger partial charge in [-0.25, -0.2) is 0 Å². The summed E-state index contributed by atoms with van der Waals surface area (Å²) in [5.74, 6) is -0.752. The molecule has 2 rings (SSSR count). The normalized spacial score (nSPS) is 28.0. The second-order valence-electron chi connectivity index (χ2n) is 11.4. The van der Waals surface area contributed by atoms with Crippen molar-refractivity contribution in [2.24, 2.45) is 11.8 Å². The predicted molar refractivity (Wildman–Crippen MR) is 148 cm³/mol. The van der Waals surface area contributed by atoms with Gasteiger partial charge in [0.1, 0.15) is 25.3 Å². The molecule has 212 valence electrons. The van der Waals surface area contributed by atoms with Crippen LogP contribution in [0.4, 0.5) is 0 Å². The highest BCUT2D eigenvalue weighted by Crippen LogP contribution is 2.45. The molecule has 0 unspecified atom stereocenters. The smallest absolute Gasteiger partial charge is 0.200 e. The van der Waals surface area contributed by atoms with Gasteiger partial charge in [0.2, 0.25) is 8.32 Å². The van der Waals surface area contributed by atoms with Crippen molar-refractivity contribution in [2.75, 3.05) is 20.5 Å². The first-order valence-corrected chi connectivity index (χ1v) is 15.8. The minimum absolute atomic E-state index is 0.118. The summed E-state index contributed by atoms with van der Waals surface area (Å²) >= 11 is 0. The number of rotatable bonds is 14. The van der Waals surface area contributed by atoms with Crippen molar-refractivity contribution in [1.29, 1.82) is 0 Å². The molecule has 7 nitrogen and oxygen atoms in total. The van der Waals surface area contributed by atoms with Crippen molar-refractivity contribution >= 4 is 14.6 Å². The maximum absolute atomic E-state index is 11.9. The molecular formula is C29H50O7Si. The molecule has 1 aromatic carbocycles. The van der Waals surface area contributed by atoms with E-state index in [0.717, 1.165) is 11.8 Å². The minimum Gasteiger partial charge on any atom is -0.410 e. The van der Waals surface area contributed by atoms with Crippen LogP contribution in [0.15, 0.2) is 30.3 Å². The van der Waals surface area contributed by atoms with Gasteiger partial charge in [0, 0.05) is 18.9 Å². The van der Waals surface area contributed by atoms with E-state index >= 15 is 0 Å². The fraction of sp³-hybridized carbons (Fsp3) is 0.759. The van der Waals surface area contributed by atoms with Crippen LogP contribution in [0.5, 0.6) is 0 Å². The van der Waals surface area contributed by atoms with Crippen LogP contribution < -0.4 is 0 Å². The van der Waals surface area contributed by atoms with Crippen molar-refractivity contribution in [3.05, 3.63) is 35.9 Å². The predicted octanol–water partition coefficient (Wildman–Crippen LogP) is 5.35. The molecule has 8 heteroatoms. The van der Waals surface area contributed by atoms with Crippen LogP contribution >= 0.6 is 0 Å². The van der Waals surface area contributed by atoms with E-state index in [0.29, 0.717) is 23.2 Å². The average Bonchev–Trinajstić information content (AvgIpc) is 2.95. The third kappa shape index (κ3) is 7.72.